The van der Waals surface area contributed by atoms with Crippen molar-refractivity contribution >= 4 is 56.1 Å². The standard InChI is InChI=1S/C23H18ClNO6S/c1-2-29-23(28)21-19(22-25-15-6-3-4-7-17(15)32-22)20(27)14-10-9-13(12-16(14)31-21)30-18(26)8-5-11-24/h3-4,6-7,9-10,12H,2,5,8,11H2,1H3. The Hall–Kier alpha value is -3.23. The van der Waals surface area contributed by atoms with Crippen LogP contribution in [0, 0.1) is 0 Å². The van der Waals surface area contributed by atoms with Gasteiger partial charge in [-0.25, -0.2) is 9.78 Å². The van der Waals surface area contributed by atoms with E-state index in [-0.39, 0.29) is 41.1 Å². The zero-order valence-electron chi connectivity index (χ0n) is 17.1. The summed E-state index contributed by atoms with van der Waals surface area (Å²) in [5.74, 6) is -0.926. The summed E-state index contributed by atoms with van der Waals surface area (Å²) in [6, 6.07) is 11.8. The van der Waals surface area contributed by atoms with Gasteiger partial charge in [-0.05, 0) is 37.6 Å². The fourth-order valence-electron chi connectivity index (χ4n) is 3.14. The van der Waals surface area contributed by atoms with Gasteiger partial charge >= 0.3 is 11.9 Å². The summed E-state index contributed by atoms with van der Waals surface area (Å²) in [6.07, 6.45) is 0.650. The predicted octanol–water partition coefficient (Wildman–Crippen LogP) is 5.17. The minimum absolute atomic E-state index is 0.0454. The molecule has 0 N–H and O–H groups in total. The summed E-state index contributed by atoms with van der Waals surface area (Å²) in [5.41, 5.74) is 0.434. The Kier molecular flexibility index (Phi) is 6.53. The molecule has 9 heteroatoms. The van der Waals surface area contributed by atoms with Crippen LogP contribution in [0.4, 0.5) is 0 Å². The predicted molar refractivity (Wildman–Crippen MR) is 123 cm³/mol. The summed E-state index contributed by atoms with van der Waals surface area (Å²) in [7, 11) is 0. The molecule has 2 aromatic carbocycles. The van der Waals surface area contributed by atoms with Crippen LogP contribution in [0.5, 0.6) is 5.75 Å². The van der Waals surface area contributed by atoms with Gasteiger partial charge in [0.15, 0.2) is 0 Å². The van der Waals surface area contributed by atoms with Gasteiger partial charge < -0.3 is 13.9 Å². The molecule has 0 saturated carbocycles. The van der Waals surface area contributed by atoms with Crippen molar-refractivity contribution in [1.82, 2.24) is 4.98 Å². The average Bonchev–Trinajstić information content (AvgIpc) is 3.21. The van der Waals surface area contributed by atoms with Gasteiger partial charge in [0.2, 0.25) is 11.2 Å². The van der Waals surface area contributed by atoms with Crippen LogP contribution in [-0.2, 0) is 9.53 Å². The van der Waals surface area contributed by atoms with Crippen molar-refractivity contribution in [1.29, 1.82) is 0 Å². The molecular weight excluding hydrogens is 454 g/mol. The molecule has 0 atom stereocenters. The lowest BCUT2D eigenvalue weighted by atomic mass is 10.1. The number of carbonyl (C=O) groups is 2. The molecule has 0 radical (unpaired) electrons. The number of nitrogens with zero attached hydrogens (tertiary/aromatic N) is 1. The fourth-order valence-corrected chi connectivity index (χ4v) is 4.28. The Morgan fingerprint density at radius 3 is 2.75 bits per heavy atom. The Morgan fingerprint density at radius 2 is 2.00 bits per heavy atom. The second kappa shape index (κ2) is 9.50. The second-order valence-electron chi connectivity index (χ2n) is 6.77. The Labute approximate surface area is 191 Å². The molecule has 4 aromatic rings. The van der Waals surface area contributed by atoms with E-state index in [1.165, 1.54) is 29.5 Å². The van der Waals surface area contributed by atoms with Crippen molar-refractivity contribution in [3.63, 3.8) is 0 Å². The van der Waals surface area contributed by atoms with E-state index in [2.05, 4.69) is 4.98 Å². The molecule has 0 spiro atoms. The van der Waals surface area contributed by atoms with Crippen LogP contribution in [0.3, 0.4) is 0 Å². The Bertz CT molecular complexity index is 1340. The second-order valence-corrected chi connectivity index (χ2v) is 8.18. The summed E-state index contributed by atoms with van der Waals surface area (Å²) >= 11 is 6.89. The van der Waals surface area contributed by atoms with Gasteiger partial charge in [0, 0.05) is 18.4 Å². The van der Waals surface area contributed by atoms with Gasteiger partial charge in [-0.15, -0.1) is 22.9 Å². The van der Waals surface area contributed by atoms with Crippen molar-refractivity contribution in [3.05, 3.63) is 58.4 Å². The summed E-state index contributed by atoms with van der Waals surface area (Å²) < 4.78 is 17.1. The van der Waals surface area contributed by atoms with Crippen molar-refractivity contribution < 1.29 is 23.5 Å². The SMILES string of the molecule is CCOC(=O)c1oc2cc(OC(=O)CCCCl)ccc2c(=O)c1-c1nc2ccccc2s1. The highest BCUT2D eigenvalue weighted by atomic mass is 35.5. The van der Waals surface area contributed by atoms with E-state index in [9.17, 15) is 14.4 Å². The molecule has 32 heavy (non-hydrogen) atoms. The highest BCUT2D eigenvalue weighted by Gasteiger charge is 2.25. The third kappa shape index (κ3) is 4.37. The number of alkyl halides is 1. The van der Waals surface area contributed by atoms with Crippen LogP contribution < -0.4 is 10.2 Å². The van der Waals surface area contributed by atoms with E-state index in [0.717, 1.165) is 4.70 Å². The first-order valence-electron chi connectivity index (χ1n) is 9.92. The number of halogens is 1. The molecule has 0 aliphatic rings. The van der Waals surface area contributed by atoms with Gasteiger partial charge in [-0.1, -0.05) is 12.1 Å². The molecule has 0 aliphatic carbocycles. The summed E-state index contributed by atoms with van der Waals surface area (Å²) in [5, 5.41) is 0.592. The van der Waals surface area contributed by atoms with E-state index >= 15 is 0 Å². The molecular formula is C23H18ClNO6S. The van der Waals surface area contributed by atoms with Crippen LogP contribution in [0.25, 0.3) is 31.8 Å². The van der Waals surface area contributed by atoms with Gasteiger partial charge in [0.1, 0.15) is 21.9 Å². The van der Waals surface area contributed by atoms with Gasteiger partial charge in [-0.3, -0.25) is 9.59 Å². The minimum atomic E-state index is -0.773. The molecule has 0 fully saturated rings. The molecule has 4 rings (SSSR count). The maximum Gasteiger partial charge on any atom is 0.375 e. The van der Waals surface area contributed by atoms with E-state index in [4.69, 9.17) is 25.5 Å². The third-order valence-corrected chi connectivity index (χ3v) is 5.90. The zero-order chi connectivity index (χ0) is 22.7. The number of rotatable bonds is 7. The van der Waals surface area contributed by atoms with Crippen molar-refractivity contribution in [2.75, 3.05) is 12.5 Å². The van der Waals surface area contributed by atoms with Crippen LogP contribution in [0.2, 0.25) is 0 Å². The number of fused-ring (bicyclic) bond motifs is 2. The van der Waals surface area contributed by atoms with Crippen molar-refractivity contribution in [2.24, 2.45) is 0 Å². The largest absolute Gasteiger partial charge is 0.460 e. The molecule has 2 heterocycles. The molecule has 0 amide bonds. The molecule has 0 aliphatic heterocycles. The fraction of sp³-hybridized carbons (Fsp3) is 0.217. The number of benzene rings is 2. The van der Waals surface area contributed by atoms with E-state index in [0.29, 0.717) is 22.8 Å². The highest BCUT2D eigenvalue weighted by molar-refractivity contribution is 7.21. The number of thiazole rings is 1. The Balaban J connectivity index is 1.85. The molecule has 2 aromatic heterocycles. The minimum Gasteiger partial charge on any atom is -0.460 e. The molecule has 0 saturated heterocycles. The van der Waals surface area contributed by atoms with Gasteiger partial charge in [-0.2, -0.15) is 0 Å². The van der Waals surface area contributed by atoms with Crippen molar-refractivity contribution in [3.8, 4) is 16.3 Å². The zero-order valence-corrected chi connectivity index (χ0v) is 18.6. The topological polar surface area (TPSA) is 95.7 Å². The van der Waals surface area contributed by atoms with Crippen LogP contribution in [0.1, 0.15) is 30.3 Å². The number of carbonyl (C=O) groups excluding carboxylic acids is 2. The van der Waals surface area contributed by atoms with E-state index in [1.54, 1.807) is 6.92 Å². The molecule has 7 nitrogen and oxygen atoms in total. The number of ether oxygens (including phenoxy) is 2. The lowest BCUT2D eigenvalue weighted by molar-refractivity contribution is -0.134. The molecule has 0 unspecified atom stereocenters. The first kappa shape index (κ1) is 22.0. The summed E-state index contributed by atoms with van der Waals surface area (Å²) in [6.45, 7) is 1.77. The van der Waals surface area contributed by atoms with Gasteiger partial charge in [0.25, 0.3) is 0 Å². The van der Waals surface area contributed by atoms with Gasteiger partial charge in [0.05, 0.1) is 22.2 Å². The maximum atomic E-state index is 13.4. The van der Waals surface area contributed by atoms with Crippen LogP contribution in [0.15, 0.2) is 51.7 Å². The number of para-hydroxylation sites is 1. The van der Waals surface area contributed by atoms with Crippen molar-refractivity contribution in [2.45, 2.75) is 19.8 Å². The smallest absolute Gasteiger partial charge is 0.375 e. The number of esters is 2. The monoisotopic (exact) mass is 471 g/mol. The lowest BCUT2D eigenvalue weighted by Crippen LogP contribution is -2.15. The molecule has 164 valence electrons. The molecule has 0 bridgehead atoms. The quantitative estimate of drug-likeness (QED) is 0.208. The van der Waals surface area contributed by atoms with E-state index < -0.39 is 17.4 Å². The maximum absolute atomic E-state index is 13.4. The van der Waals surface area contributed by atoms with E-state index in [1.807, 2.05) is 24.3 Å². The number of hydrogen-bond donors (Lipinski definition) is 0. The normalized spacial score (nSPS) is 11.1. The summed E-state index contributed by atoms with van der Waals surface area (Å²) in [4.78, 5) is 42.5. The Morgan fingerprint density at radius 1 is 1.19 bits per heavy atom. The number of hydrogen-bond acceptors (Lipinski definition) is 8. The van der Waals surface area contributed by atoms with Crippen LogP contribution >= 0.6 is 22.9 Å². The number of aromatic nitrogens is 1. The third-order valence-electron chi connectivity index (χ3n) is 4.58. The van der Waals surface area contributed by atoms with Crippen LogP contribution in [-0.4, -0.2) is 29.4 Å². The lowest BCUT2D eigenvalue weighted by Gasteiger charge is -2.09. The average molecular weight is 472 g/mol. The first-order valence-corrected chi connectivity index (χ1v) is 11.3. The highest BCUT2D eigenvalue weighted by Crippen LogP contribution is 2.33. The first-order chi connectivity index (χ1) is 15.5.